The number of hydrogen-bond acceptors (Lipinski definition) is 5. The van der Waals surface area contributed by atoms with E-state index in [0.29, 0.717) is 0 Å². The molecule has 1 unspecified atom stereocenters. The summed E-state index contributed by atoms with van der Waals surface area (Å²) in [6, 6.07) is 59.7. The molecule has 0 amide bonds. The lowest BCUT2D eigenvalue weighted by atomic mass is 9.97. The fraction of sp³-hybridized carbons (Fsp3) is 0.0192. The average Bonchev–Trinajstić information content (AvgIpc) is 3.92. The maximum atomic E-state index is 6.63. The van der Waals surface area contributed by atoms with E-state index in [0.717, 1.165) is 55.0 Å². The monoisotopic (exact) mass is 775 g/mol. The molecule has 1 aliphatic rings. The van der Waals surface area contributed by atoms with Crippen LogP contribution in [0.4, 0.5) is 5.69 Å². The topological polar surface area (TPSA) is 42.5 Å². The zero-order chi connectivity index (χ0) is 37.6. The molecule has 5 heterocycles. The number of thiophene rings is 1. The summed E-state index contributed by atoms with van der Waals surface area (Å²) in [6.45, 7) is 0. The van der Waals surface area contributed by atoms with Gasteiger partial charge < -0.3 is 14.3 Å². The Balaban J connectivity index is 1.03. The van der Waals surface area contributed by atoms with Gasteiger partial charge in [-0.05, 0) is 64.7 Å². The van der Waals surface area contributed by atoms with E-state index >= 15 is 0 Å². The highest BCUT2D eigenvalue weighted by molar-refractivity contribution is 7.25. The number of anilines is 1. The van der Waals surface area contributed by atoms with Gasteiger partial charge in [-0.25, -0.2) is 0 Å². The number of aromatic nitrogens is 1. The predicted octanol–water partition coefficient (Wildman–Crippen LogP) is 15.0. The van der Waals surface area contributed by atoms with Crippen LogP contribution in [0.15, 0.2) is 173 Å². The number of fused-ring (bicyclic) bond motifs is 7. The number of hydrogen-bond donors (Lipinski definition) is 1. The molecule has 9 aromatic carbocycles. The van der Waals surface area contributed by atoms with Crippen LogP contribution in [0.2, 0.25) is 0 Å². The first-order valence-corrected chi connectivity index (χ1v) is 21.3. The van der Waals surface area contributed by atoms with Crippen LogP contribution in [-0.4, -0.2) is 10.3 Å². The van der Waals surface area contributed by atoms with Crippen molar-refractivity contribution in [2.45, 2.75) is 6.17 Å². The van der Waals surface area contributed by atoms with Crippen molar-refractivity contribution in [1.29, 1.82) is 0 Å². The fourth-order valence-corrected chi connectivity index (χ4v) is 12.3. The van der Waals surface area contributed by atoms with Gasteiger partial charge in [0.05, 0.1) is 33.0 Å². The van der Waals surface area contributed by atoms with Crippen molar-refractivity contribution in [2.75, 3.05) is 5.32 Å². The first-order valence-electron chi connectivity index (χ1n) is 19.7. The maximum Gasteiger partial charge on any atom is 0.146 e. The summed E-state index contributed by atoms with van der Waals surface area (Å²) in [7, 11) is 0. The highest BCUT2D eigenvalue weighted by Gasteiger charge is 2.30. The molecule has 6 heteroatoms. The molecule has 0 saturated heterocycles. The van der Waals surface area contributed by atoms with E-state index < -0.39 is 0 Å². The van der Waals surface area contributed by atoms with Crippen LogP contribution < -0.4 is 5.32 Å². The summed E-state index contributed by atoms with van der Waals surface area (Å²) < 4.78 is 13.0. The molecule has 270 valence electrons. The number of nitrogens with one attached hydrogen (secondary N) is 1. The molecule has 4 nitrogen and oxygen atoms in total. The molecule has 0 radical (unpaired) electrons. The Kier molecular flexibility index (Phi) is 6.08. The largest absolute Gasteiger partial charge is 0.455 e. The molecule has 1 aliphatic heterocycles. The van der Waals surface area contributed by atoms with Crippen molar-refractivity contribution in [3.8, 4) is 5.69 Å². The number of furan rings is 1. The third kappa shape index (κ3) is 4.05. The minimum absolute atomic E-state index is 0.335. The zero-order valence-electron chi connectivity index (χ0n) is 30.8. The molecule has 0 bridgehead atoms. The van der Waals surface area contributed by atoms with Crippen LogP contribution in [0, 0.1) is 0 Å². The quantitative estimate of drug-likeness (QED) is 0.194. The summed E-state index contributed by atoms with van der Waals surface area (Å²) in [5.74, 6) is 0. The molecule has 0 spiro atoms. The van der Waals surface area contributed by atoms with E-state index in [2.05, 4.69) is 168 Å². The lowest BCUT2D eigenvalue weighted by molar-refractivity contribution is 0.668. The third-order valence-corrected chi connectivity index (χ3v) is 14.7. The van der Waals surface area contributed by atoms with Gasteiger partial charge in [-0.15, -0.1) is 22.7 Å². The van der Waals surface area contributed by atoms with Crippen LogP contribution in [-0.2, 0) is 0 Å². The van der Waals surface area contributed by atoms with E-state index in [9.17, 15) is 0 Å². The Morgan fingerprint density at radius 2 is 1.14 bits per heavy atom. The number of aliphatic imine (C=N–C) groups is 1. The van der Waals surface area contributed by atoms with E-state index in [1.807, 2.05) is 17.4 Å². The van der Waals surface area contributed by atoms with Crippen LogP contribution in [0.1, 0.15) is 22.2 Å². The average molecular weight is 776 g/mol. The van der Waals surface area contributed by atoms with Gasteiger partial charge in [-0.2, -0.15) is 0 Å². The summed E-state index contributed by atoms with van der Waals surface area (Å²) in [4.78, 5) is 6.79. The van der Waals surface area contributed by atoms with Crippen molar-refractivity contribution in [3.63, 3.8) is 0 Å². The highest BCUT2D eigenvalue weighted by Crippen LogP contribution is 2.49. The van der Waals surface area contributed by atoms with E-state index in [4.69, 9.17) is 9.41 Å². The van der Waals surface area contributed by atoms with Crippen LogP contribution >= 0.6 is 22.7 Å². The molecular weight excluding hydrogens is 747 g/mol. The molecule has 14 rings (SSSR count). The summed E-state index contributed by atoms with van der Waals surface area (Å²) in [5.41, 5.74) is 9.59. The van der Waals surface area contributed by atoms with Crippen LogP contribution in [0.5, 0.6) is 0 Å². The van der Waals surface area contributed by atoms with Gasteiger partial charge in [0.15, 0.2) is 0 Å². The molecular formula is C52H29N3OS2. The summed E-state index contributed by atoms with van der Waals surface area (Å²) in [5, 5.41) is 17.6. The van der Waals surface area contributed by atoms with Crippen LogP contribution in [0.3, 0.4) is 0 Å². The third-order valence-electron chi connectivity index (χ3n) is 12.4. The molecule has 4 aromatic heterocycles. The SMILES string of the molecule is c1ccc2c(c1)oc1c(C3=NC(c4ccc(-n5c6ccc7cccc8sc9cccc%10ccc5c(c%109)c6c78)c5ccccc45)Nc4c3sc3ccccc43)cccc12. The lowest BCUT2D eigenvalue weighted by Gasteiger charge is -2.26. The zero-order valence-corrected chi connectivity index (χ0v) is 32.4. The number of rotatable bonds is 3. The molecule has 1 atom stereocenters. The second-order valence-corrected chi connectivity index (χ2v) is 17.5. The Morgan fingerprint density at radius 3 is 1.91 bits per heavy atom. The second kappa shape index (κ2) is 11.3. The van der Waals surface area contributed by atoms with Crippen molar-refractivity contribution in [1.82, 2.24) is 4.57 Å². The van der Waals surface area contributed by atoms with Crippen molar-refractivity contribution in [3.05, 3.63) is 180 Å². The highest BCUT2D eigenvalue weighted by atomic mass is 32.1. The normalized spacial score (nSPS) is 14.6. The van der Waals surface area contributed by atoms with Gasteiger partial charge in [0.25, 0.3) is 0 Å². The maximum absolute atomic E-state index is 6.63. The number of para-hydroxylation sites is 2. The number of nitrogens with zero attached hydrogens (tertiary/aromatic N) is 2. The van der Waals surface area contributed by atoms with E-state index in [1.165, 1.54) is 73.6 Å². The Labute approximate surface area is 338 Å². The minimum Gasteiger partial charge on any atom is -0.455 e. The minimum atomic E-state index is -0.335. The first kappa shape index (κ1) is 31.1. The molecule has 0 aliphatic carbocycles. The van der Waals surface area contributed by atoms with Crippen LogP contribution in [0.25, 0.3) is 101 Å². The molecule has 58 heavy (non-hydrogen) atoms. The predicted molar refractivity (Wildman–Crippen MR) is 247 cm³/mol. The molecule has 0 fully saturated rings. The van der Waals surface area contributed by atoms with Gasteiger partial charge in [-0.3, -0.25) is 4.99 Å². The summed E-state index contributed by atoms with van der Waals surface area (Å²) >= 11 is 3.68. The van der Waals surface area contributed by atoms with Crippen molar-refractivity contribution < 1.29 is 4.42 Å². The summed E-state index contributed by atoms with van der Waals surface area (Å²) in [6.07, 6.45) is -0.335. The number of benzene rings is 9. The smallest absolute Gasteiger partial charge is 0.146 e. The molecule has 13 aromatic rings. The van der Waals surface area contributed by atoms with E-state index in [1.54, 1.807) is 11.3 Å². The Hall–Kier alpha value is -6.99. The standard InChI is InChI=1S/C52H29N3OS2/c1-2-13-31-30(12-1)34(24-27-37(31)55-38-25-22-28-10-7-20-42-44(28)46(38)47-39(55)26-23-29-11-8-21-43(57-42)45(29)47)52-53-48-35-15-4-6-19-41(35)58-51(48)49(54-52)36-17-9-16-33-32-14-3-5-18-40(32)56-50(33)36/h1-27,52-53H. The second-order valence-electron chi connectivity index (χ2n) is 15.4. The molecule has 0 saturated carbocycles. The van der Waals surface area contributed by atoms with Gasteiger partial charge in [0, 0.05) is 68.3 Å². The fourth-order valence-electron chi connectivity index (χ4n) is 9.95. The van der Waals surface area contributed by atoms with Crippen molar-refractivity contribution >= 4 is 130 Å². The van der Waals surface area contributed by atoms with Gasteiger partial charge in [0.1, 0.15) is 17.3 Å². The van der Waals surface area contributed by atoms with Gasteiger partial charge in [-0.1, -0.05) is 115 Å². The first-order chi connectivity index (χ1) is 28.8. The van der Waals surface area contributed by atoms with Gasteiger partial charge in [0.2, 0.25) is 0 Å². The molecule has 1 N–H and O–H groups in total. The lowest BCUT2D eigenvalue weighted by Crippen LogP contribution is -2.19. The Bertz CT molecular complexity index is 3810. The van der Waals surface area contributed by atoms with Crippen molar-refractivity contribution in [2.24, 2.45) is 4.99 Å². The van der Waals surface area contributed by atoms with Gasteiger partial charge >= 0.3 is 0 Å². The van der Waals surface area contributed by atoms with E-state index in [-0.39, 0.29) is 6.17 Å². The Morgan fingerprint density at radius 1 is 0.500 bits per heavy atom.